The van der Waals surface area contributed by atoms with Crippen LogP contribution in [0.25, 0.3) is 0 Å². The minimum Gasteiger partial charge on any atom is -0.367 e. The molecule has 1 aliphatic heterocycles. The quantitative estimate of drug-likeness (QED) is 0.285. The van der Waals surface area contributed by atoms with Crippen molar-refractivity contribution < 1.29 is 4.74 Å². The minimum atomic E-state index is -0.264. The van der Waals surface area contributed by atoms with E-state index < -0.39 is 0 Å². The van der Waals surface area contributed by atoms with E-state index in [1.165, 1.54) is 5.56 Å². The van der Waals surface area contributed by atoms with Crippen LogP contribution >= 0.6 is 46.4 Å². The molecule has 3 aromatic rings. The van der Waals surface area contributed by atoms with Crippen LogP contribution < -0.4 is 0 Å². The van der Waals surface area contributed by atoms with Crippen molar-refractivity contribution in [2.24, 2.45) is 0 Å². The van der Waals surface area contributed by atoms with E-state index in [1.54, 1.807) is 12.1 Å². The molecule has 1 heterocycles. The van der Waals surface area contributed by atoms with Gasteiger partial charge in [0.1, 0.15) is 6.10 Å². The Kier molecular flexibility index (Phi) is 8.45. The first-order valence-electron chi connectivity index (χ1n) is 10.7. The maximum Gasteiger partial charge on any atom is 0.102 e. The van der Waals surface area contributed by atoms with Crippen molar-refractivity contribution in [2.75, 3.05) is 19.8 Å². The van der Waals surface area contributed by atoms with Gasteiger partial charge in [-0.15, -0.1) is 0 Å². The van der Waals surface area contributed by atoms with Crippen molar-refractivity contribution >= 4 is 46.4 Å². The van der Waals surface area contributed by atoms with Crippen LogP contribution in [0.1, 0.15) is 22.8 Å². The molecule has 0 aliphatic carbocycles. The summed E-state index contributed by atoms with van der Waals surface area (Å²) in [5.74, 6) is 0. The van der Waals surface area contributed by atoms with Gasteiger partial charge in [-0.2, -0.15) is 0 Å². The molecule has 0 radical (unpaired) electrons. The van der Waals surface area contributed by atoms with E-state index in [2.05, 4.69) is 46.5 Å². The van der Waals surface area contributed by atoms with Crippen LogP contribution in [-0.2, 0) is 17.8 Å². The molecule has 0 spiro atoms. The highest BCUT2D eigenvalue weighted by molar-refractivity contribution is 6.35. The molecule has 3 nitrogen and oxygen atoms in total. The smallest absolute Gasteiger partial charge is 0.102 e. The predicted octanol–water partition coefficient (Wildman–Crippen LogP) is 7.85. The van der Waals surface area contributed by atoms with Crippen LogP contribution in [0.5, 0.6) is 0 Å². The van der Waals surface area contributed by atoms with Crippen LogP contribution in [0, 0.1) is 0 Å². The number of hydrogen-bond donors (Lipinski definition) is 0. The van der Waals surface area contributed by atoms with Gasteiger partial charge in [0, 0.05) is 51.1 Å². The maximum absolute atomic E-state index is 6.53. The molecule has 0 aromatic heterocycles. The topological polar surface area (TPSA) is 15.7 Å². The Hall–Kier alpha value is -1.88. The van der Waals surface area contributed by atoms with Crippen LogP contribution in [-0.4, -0.2) is 29.6 Å². The molecule has 1 atom stereocenters. The summed E-state index contributed by atoms with van der Waals surface area (Å²) < 4.78 is 6.33. The van der Waals surface area contributed by atoms with Crippen molar-refractivity contribution in [1.29, 1.82) is 0 Å². The van der Waals surface area contributed by atoms with Gasteiger partial charge < -0.3 is 14.5 Å². The second-order valence-corrected chi connectivity index (χ2v) is 9.65. The molecule has 4 rings (SSSR count). The fourth-order valence-electron chi connectivity index (χ4n) is 3.74. The van der Waals surface area contributed by atoms with Crippen molar-refractivity contribution in [2.45, 2.75) is 19.1 Å². The largest absolute Gasteiger partial charge is 0.367 e. The molecule has 3 aromatic carbocycles. The summed E-state index contributed by atoms with van der Waals surface area (Å²) in [6.45, 7) is 2.73. The zero-order valence-electron chi connectivity index (χ0n) is 17.9. The third kappa shape index (κ3) is 6.81. The van der Waals surface area contributed by atoms with E-state index >= 15 is 0 Å². The maximum atomic E-state index is 6.53. The van der Waals surface area contributed by atoms with E-state index in [9.17, 15) is 0 Å². The van der Waals surface area contributed by atoms with Crippen LogP contribution in [0.3, 0.4) is 0 Å². The van der Waals surface area contributed by atoms with Gasteiger partial charge in [0.2, 0.25) is 0 Å². The van der Waals surface area contributed by atoms with Gasteiger partial charge in [-0.1, -0.05) is 88.9 Å². The SMILES string of the molecule is Clc1ccc(COC(CN2C=CN(CCc3ccccc3)C2)c2ccc(Cl)cc2Cl)c(Cl)c1. The molecule has 0 N–H and O–H groups in total. The van der Waals surface area contributed by atoms with Gasteiger partial charge in [0.05, 0.1) is 13.3 Å². The highest BCUT2D eigenvalue weighted by Crippen LogP contribution is 2.31. The number of rotatable bonds is 9. The molecule has 33 heavy (non-hydrogen) atoms. The standard InChI is InChI=1S/C26H24Cl4N2O/c27-21-7-6-20(24(29)14-21)17-33-26(23-9-8-22(28)15-25(23)30)16-32-13-12-31(18-32)11-10-19-4-2-1-3-5-19/h1-9,12-15,26H,10-11,16-18H2. The number of hydrogen-bond acceptors (Lipinski definition) is 3. The number of benzene rings is 3. The van der Waals surface area contributed by atoms with E-state index in [4.69, 9.17) is 51.1 Å². The second kappa shape index (κ2) is 11.5. The summed E-state index contributed by atoms with van der Waals surface area (Å²) in [6, 6.07) is 21.4. The van der Waals surface area contributed by atoms with Gasteiger partial charge in [-0.3, -0.25) is 0 Å². The summed E-state index contributed by atoms with van der Waals surface area (Å²) in [6.07, 6.45) is 4.96. The van der Waals surface area contributed by atoms with Crippen LogP contribution in [0.4, 0.5) is 0 Å². The lowest BCUT2D eigenvalue weighted by atomic mass is 10.1. The molecule has 0 bridgehead atoms. The molecule has 1 aliphatic rings. The van der Waals surface area contributed by atoms with E-state index in [1.807, 2.05) is 30.3 Å². The van der Waals surface area contributed by atoms with Gasteiger partial charge in [0.25, 0.3) is 0 Å². The van der Waals surface area contributed by atoms with E-state index in [-0.39, 0.29) is 6.10 Å². The number of halogens is 4. The average Bonchev–Trinajstić information content (AvgIpc) is 3.24. The third-order valence-electron chi connectivity index (χ3n) is 5.55. The Balaban J connectivity index is 1.42. The molecular weight excluding hydrogens is 498 g/mol. The van der Waals surface area contributed by atoms with Crippen LogP contribution in [0.2, 0.25) is 20.1 Å². The first-order valence-corrected chi connectivity index (χ1v) is 12.2. The van der Waals surface area contributed by atoms with Crippen molar-refractivity contribution in [3.63, 3.8) is 0 Å². The molecule has 0 amide bonds. The first kappa shape index (κ1) is 24.3. The minimum absolute atomic E-state index is 0.264. The monoisotopic (exact) mass is 520 g/mol. The lowest BCUT2D eigenvalue weighted by Gasteiger charge is -2.27. The molecule has 172 valence electrons. The van der Waals surface area contributed by atoms with Gasteiger partial charge in [0.15, 0.2) is 0 Å². The summed E-state index contributed by atoms with van der Waals surface area (Å²) >= 11 is 25.0. The van der Waals surface area contributed by atoms with Gasteiger partial charge >= 0.3 is 0 Å². The third-order valence-corrected chi connectivity index (χ3v) is 6.70. The molecule has 1 unspecified atom stereocenters. The molecular formula is C26H24Cl4N2O. The fourth-order valence-corrected chi connectivity index (χ4v) is 4.74. The fraction of sp³-hybridized carbons (Fsp3) is 0.231. The van der Waals surface area contributed by atoms with Crippen molar-refractivity contribution in [3.8, 4) is 0 Å². The van der Waals surface area contributed by atoms with E-state index in [0.717, 1.165) is 30.8 Å². The van der Waals surface area contributed by atoms with Gasteiger partial charge in [-0.25, -0.2) is 0 Å². The lowest BCUT2D eigenvalue weighted by molar-refractivity contribution is 0.0197. The Bertz CT molecular complexity index is 1110. The Morgan fingerprint density at radius 1 is 0.788 bits per heavy atom. The Labute approximate surface area is 215 Å². The van der Waals surface area contributed by atoms with Gasteiger partial charge in [-0.05, 0) is 41.8 Å². The highest BCUT2D eigenvalue weighted by Gasteiger charge is 2.22. The molecule has 0 fully saturated rings. The molecule has 0 saturated carbocycles. The average molecular weight is 522 g/mol. The summed E-state index contributed by atoms with van der Waals surface area (Å²) in [5, 5.41) is 2.35. The number of ether oxygens (including phenoxy) is 1. The molecule has 0 saturated heterocycles. The highest BCUT2D eigenvalue weighted by atomic mass is 35.5. The lowest BCUT2D eigenvalue weighted by Crippen LogP contribution is -2.30. The first-order chi connectivity index (χ1) is 16.0. The van der Waals surface area contributed by atoms with Crippen molar-refractivity contribution in [3.05, 3.63) is 116 Å². The summed E-state index contributed by atoms with van der Waals surface area (Å²) in [5.41, 5.74) is 3.10. The zero-order chi connectivity index (χ0) is 23.2. The van der Waals surface area contributed by atoms with Crippen molar-refractivity contribution in [1.82, 2.24) is 9.80 Å². The summed E-state index contributed by atoms with van der Waals surface area (Å²) in [4.78, 5) is 4.52. The van der Waals surface area contributed by atoms with Crippen LogP contribution in [0.15, 0.2) is 79.1 Å². The zero-order valence-corrected chi connectivity index (χ0v) is 21.0. The Morgan fingerprint density at radius 3 is 2.21 bits per heavy atom. The second-order valence-electron chi connectivity index (χ2n) is 7.96. The Morgan fingerprint density at radius 2 is 1.48 bits per heavy atom. The normalized spacial score (nSPS) is 14.2. The predicted molar refractivity (Wildman–Crippen MR) is 138 cm³/mol. The number of nitrogens with zero attached hydrogens (tertiary/aromatic N) is 2. The summed E-state index contributed by atoms with van der Waals surface area (Å²) in [7, 11) is 0. The molecule has 7 heteroatoms. The van der Waals surface area contributed by atoms with E-state index in [0.29, 0.717) is 33.2 Å².